The van der Waals surface area contributed by atoms with Crippen molar-refractivity contribution in [3.63, 3.8) is 0 Å². The number of carbonyl (C=O) groups excluding carboxylic acids is 2. The van der Waals surface area contributed by atoms with Crippen LogP contribution in [0.4, 0.5) is 0 Å². The highest BCUT2D eigenvalue weighted by molar-refractivity contribution is 6.05. The van der Waals surface area contributed by atoms with E-state index < -0.39 is 5.97 Å². The SMILES string of the molecule is COC(=O)c1ccccc1C(=O)NC1CCC(Oc2ccc(C#N)cn2)CC1. The van der Waals surface area contributed by atoms with Crippen molar-refractivity contribution in [3.8, 4) is 11.9 Å². The van der Waals surface area contributed by atoms with E-state index in [-0.39, 0.29) is 23.6 Å². The molecule has 0 aliphatic heterocycles. The number of nitriles is 1. The van der Waals surface area contributed by atoms with Gasteiger partial charge in [0.1, 0.15) is 12.2 Å². The number of aromatic nitrogens is 1. The molecule has 0 unspecified atom stereocenters. The summed E-state index contributed by atoms with van der Waals surface area (Å²) < 4.78 is 10.6. The van der Waals surface area contributed by atoms with Crippen LogP contribution in [0.15, 0.2) is 42.6 Å². The number of carbonyl (C=O) groups is 2. The largest absolute Gasteiger partial charge is 0.474 e. The third-order valence-corrected chi connectivity index (χ3v) is 4.74. The van der Waals surface area contributed by atoms with Crippen LogP contribution in [0.1, 0.15) is 52.0 Å². The monoisotopic (exact) mass is 379 g/mol. The molecule has 0 atom stereocenters. The molecule has 1 fully saturated rings. The van der Waals surface area contributed by atoms with Crippen LogP contribution in [0.25, 0.3) is 0 Å². The molecule has 1 aromatic carbocycles. The lowest BCUT2D eigenvalue weighted by Crippen LogP contribution is -2.40. The summed E-state index contributed by atoms with van der Waals surface area (Å²) in [6.07, 6.45) is 4.62. The fourth-order valence-electron chi connectivity index (χ4n) is 3.24. The molecule has 0 spiro atoms. The Balaban J connectivity index is 1.53. The fraction of sp³-hybridized carbons (Fsp3) is 0.333. The van der Waals surface area contributed by atoms with E-state index in [9.17, 15) is 9.59 Å². The van der Waals surface area contributed by atoms with Crippen LogP contribution in [-0.4, -0.2) is 36.1 Å². The Bertz CT molecular complexity index is 881. The van der Waals surface area contributed by atoms with E-state index in [4.69, 9.17) is 14.7 Å². The summed E-state index contributed by atoms with van der Waals surface area (Å²) in [5, 5.41) is 11.8. The van der Waals surface area contributed by atoms with Crippen molar-refractivity contribution < 1.29 is 19.1 Å². The van der Waals surface area contributed by atoms with Crippen molar-refractivity contribution in [2.45, 2.75) is 37.8 Å². The summed E-state index contributed by atoms with van der Waals surface area (Å²) in [5.74, 6) is -0.310. The van der Waals surface area contributed by atoms with E-state index in [0.717, 1.165) is 25.7 Å². The second kappa shape index (κ2) is 9.00. The van der Waals surface area contributed by atoms with E-state index >= 15 is 0 Å². The lowest BCUT2D eigenvalue weighted by atomic mass is 9.92. The number of pyridine rings is 1. The maximum absolute atomic E-state index is 12.6. The van der Waals surface area contributed by atoms with Crippen LogP contribution in [0, 0.1) is 11.3 Å². The maximum Gasteiger partial charge on any atom is 0.338 e. The molecular weight excluding hydrogens is 358 g/mol. The molecule has 1 amide bonds. The predicted octanol–water partition coefficient (Wildman–Crippen LogP) is 2.86. The van der Waals surface area contributed by atoms with Crippen molar-refractivity contribution in [1.29, 1.82) is 5.26 Å². The number of nitrogens with one attached hydrogen (secondary N) is 1. The zero-order valence-electron chi connectivity index (χ0n) is 15.6. The molecular formula is C21H21N3O4. The maximum atomic E-state index is 12.6. The fourth-order valence-corrected chi connectivity index (χ4v) is 3.24. The topological polar surface area (TPSA) is 101 Å². The first-order valence-corrected chi connectivity index (χ1v) is 9.11. The number of hydrogen-bond acceptors (Lipinski definition) is 6. The minimum absolute atomic E-state index is 0.0203. The molecule has 7 heteroatoms. The van der Waals surface area contributed by atoms with Crippen LogP contribution in [0.3, 0.4) is 0 Å². The Labute approximate surface area is 163 Å². The highest BCUT2D eigenvalue weighted by atomic mass is 16.5. The van der Waals surface area contributed by atoms with Gasteiger partial charge in [-0.3, -0.25) is 4.79 Å². The summed E-state index contributed by atoms with van der Waals surface area (Å²) in [4.78, 5) is 28.6. The van der Waals surface area contributed by atoms with Gasteiger partial charge in [-0.15, -0.1) is 0 Å². The van der Waals surface area contributed by atoms with Gasteiger partial charge in [-0.1, -0.05) is 12.1 Å². The van der Waals surface area contributed by atoms with Gasteiger partial charge in [0.2, 0.25) is 5.88 Å². The highest BCUT2D eigenvalue weighted by Gasteiger charge is 2.25. The zero-order valence-corrected chi connectivity index (χ0v) is 15.6. The summed E-state index contributed by atoms with van der Waals surface area (Å²) in [7, 11) is 1.29. The molecule has 1 aromatic heterocycles. The first-order chi connectivity index (χ1) is 13.6. The molecule has 1 saturated carbocycles. The molecule has 2 aromatic rings. The Morgan fingerprint density at radius 3 is 2.43 bits per heavy atom. The normalized spacial score (nSPS) is 18.6. The van der Waals surface area contributed by atoms with E-state index in [2.05, 4.69) is 10.3 Å². The Hall–Kier alpha value is -3.40. The third-order valence-electron chi connectivity index (χ3n) is 4.74. The van der Waals surface area contributed by atoms with Crippen molar-refractivity contribution in [1.82, 2.24) is 10.3 Å². The molecule has 1 aliphatic carbocycles. The van der Waals surface area contributed by atoms with E-state index in [1.54, 1.807) is 36.4 Å². The lowest BCUT2D eigenvalue weighted by molar-refractivity contribution is 0.0595. The van der Waals surface area contributed by atoms with Gasteiger partial charge in [-0.05, 0) is 43.9 Å². The molecule has 7 nitrogen and oxygen atoms in total. The lowest BCUT2D eigenvalue weighted by Gasteiger charge is -2.29. The van der Waals surface area contributed by atoms with Gasteiger partial charge in [0.15, 0.2) is 0 Å². The minimum atomic E-state index is -0.530. The molecule has 144 valence electrons. The molecule has 1 heterocycles. The quantitative estimate of drug-likeness (QED) is 0.802. The van der Waals surface area contributed by atoms with Crippen molar-refractivity contribution in [2.75, 3.05) is 7.11 Å². The van der Waals surface area contributed by atoms with Gasteiger partial charge >= 0.3 is 5.97 Å². The summed E-state index contributed by atoms with van der Waals surface area (Å²) in [6, 6.07) is 12.0. The van der Waals surface area contributed by atoms with Crippen molar-refractivity contribution in [2.24, 2.45) is 0 Å². The van der Waals surface area contributed by atoms with Gasteiger partial charge in [0, 0.05) is 18.3 Å². The molecule has 0 radical (unpaired) electrons. The average Bonchev–Trinajstić information content (AvgIpc) is 2.75. The van der Waals surface area contributed by atoms with Crippen LogP contribution in [0.5, 0.6) is 5.88 Å². The number of ether oxygens (including phenoxy) is 2. The number of rotatable bonds is 5. The van der Waals surface area contributed by atoms with Gasteiger partial charge in [-0.2, -0.15) is 5.26 Å². The van der Waals surface area contributed by atoms with Crippen LogP contribution >= 0.6 is 0 Å². The number of nitrogens with zero attached hydrogens (tertiary/aromatic N) is 2. The molecule has 1 aliphatic rings. The minimum Gasteiger partial charge on any atom is -0.474 e. The number of hydrogen-bond donors (Lipinski definition) is 1. The zero-order chi connectivity index (χ0) is 19.9. The standard InChI is InChI=1S/C21H21N3O4/c1-27-21(26)18-5-3-2-4-17(18)20(25)24-15-7-9-16(10-8-15)28-19-11-6-14(12-22)13-23-19/h2-6,11,13,15-16H,7-10H2,1H3,(H,24,25). The average molecular weight is 379 g/mol. The summed E-state index contributed by atoms with van der Waals surface area (Å²) in [6.45, 7) is 0. The molecule has 1 N–H and O–H groups in total. The molecule has 28 heavy (non-hydrogen) atoms. The number of benzene rings is 1. The second-order valence-electron chi connectivity index (χ2n) is 6.60. The van der Waals surface area contributed by atoms with Crippen LogP contribution < -0.4 is 10.1 Å². The van der Waals surface area contributed by atoms with Gasteiger partial charge in [0.05, 0.1) is 23.8 Å². The van der Waals surface area contributed by atoms with Gasteiger partial charge in [-0.25, -0.2) is 9.78 Å². The van der Waals surface area contributed by atoms with E-state index in [1.807, 2.05) is 6.07 Å². The van der Waals surface area contributed by atoms with Crippen LogP contribution in [0.2, 0.25) is 0 Å². The third kappa shape index (κ3) is 4.65. The summed E-state index contributed by atoms with van der Waals surface area (Å²) >= 11 is 0. The Morgan fingerprint density at radius 1 is 1.11 bits per heavy atom. The first-order valence-electron chi connectivity index (χ1n) is 9.11. The van der Waals surface area contributed by atoms with E-state index in [1.165, 1.54) is 13.3 Å². The molecule has 0 saturated heterocycles. The molecule has 3 rings (SSSR count). The summed E-state index contributed by atoms with van der Waals surface area (Å²) in [5.41, 5.74) is 1.06. The number of amides is 1. The van der Waals surface area contributed by atoms with Gasteiger partial charge in [0.25, 0.3) is 5.91 Å². The Morgan fingerprint density at radius 2 is 1.82 bits per heavy atom. The van der Waals surface area contributed by atoms with Crippen LogP contribution in [-0.2, 0) is 4.74 Å². The van der Waals surface area contributed by atoms with E-state index in [0.29, 0.717) is 17.0 Å². The number of esters is 1. The smallest absolute Gasteiger partial charge is 0.338 e. The van der Waals surface area contributed by atoms with Gasteiger partial charge < -0.3 is 14.8 Å². The van der Waals surface area contributed by atoms with Crippen molar-refractivity contribution >= 4 is 11.9 Å². The number of methoxy groups -OCH3 is 1. The predicted molar refractivity (Wildman–Crippen MR) is 101 cm³/mol. The molecule has 0 bridgehead atoms. The second-order valence-corrected chi connectivity index (χ2v) is 6.60. The highest BCUT2D eigenvalue weighted by Crippen LogP contribution is 2.23. The Kier molecular flexibility index (Phi) is 6.22. The van der Waals surface area contributed by atoms with Crippen molar-refractivity contribution in [3.05, 3.63) is 59.3 Å². The first kappa shape index (κ1) is 19.4.